The van der Waals surface area contributed by atoms with Crippen molar-refractivity contribution >= 4 is 5.91 Å². The quantitative estimate of drug-likeness (QED) is 0.755. The van der Waals surface area contributed by atoms with Gasteiger partial charge in [0.25, 0.3) is 0 Å². The Labute approximate surface area is 110 Å². The third-order valence-corrected chi connectivity index (χ3v) is 4.40. The van der Waals surface area contributed by atoms with Crippen molar-refractivity contribution in [1.82, 2.24) is 15.1 Å². The molecule has 2 rings (SSSR count). The number of hydrogen-bond acceptors (Lipinski definition) is 3. The fourth-order valence-corrected chi connectivity index (χ4v) is 2.72. The number of hydrogen-bond donors (Lipinski definition) is 1. The number of rotatable bonds is 3. The Balaban J connectivity index is 1.91. The lowest BCUT2D eigenvalue weighted by Crippen LogP contribution is -2.46. The topological polar surface area (TPSA) is 35.6 Å². The van der Waals surface area contributed by atoms with Crippen molar-refractivity contribution in [3.05, 3.63) is 11.1 Å². The lowest BCUT2D eigenvalue weighted by atomic mass is 10.00. The lowest BCUT2D eigenvalue weighted by molar-refractivity contribution is -0.128. The van der Waals surface area contributed by atoms with Gasteiger partial charge in [-0.3, -0.25) is 4.79 Å². The van der Waals surface area contributed by atoms with Gasteiger partial charge < -0.3 is 15.1 Å². The smallest absolute Gasteiger partial charge is 0.249 e. The summed E-state index contributed by atoms with van der Waals surface area (Å²) in [5.74, 6) is 0.224. The normalized spacial score (nSPS) is 21.6. The van der Waals surface area contributed by atoms with Gasteiger partial charge in [-0.2, -0.15) is 0 Å². The summed E-state index contributed by atoms with van der Waals surface area (Å²) >= 11 is 0. The molecule has 1 amide bonds. The third kappa shape index (κ3) is 2.75. The first-order valence-electron chi connectivity index (χ1n) is 7.02. The Morgan fingerprint density at radius 1 is 1.39 bits per heavy atom. The zero-order chi connectivity index (χ0) is 13.1. The van der Waals surface area contributed by atoms with Crippen LogP contribution in [0.15, 0.2) is 11.1 Å². The standard InChI is InChI=1S/C14H25N3O/c1-4-17-7-5-13(6-8-17)16(3)14(18)11(2)12-9-15-10-12/h13,15H,4-10H2,1-3H3. The predicted molar refractivity (Wildman–Crippen MR) is 73.5 cm³/mol. The van der Waals surface area contributed by atoms with Gasteiger partial charge in [0, 0.05) is 44.8 Å². The summed E-state index contributed by atoms with van der Waals surface area (Å²) in [6.07, 6.45) is 2.22. The van der Waals surface area contributed by atoms with Gasteiger partial charge in [0.05, 0.1) is 0 Å². The Bertz CT molecular complexity index is 337. The van der Waals surface area contributed by atoms with E-state index in [0.717, 1.165) is 51.1 Å². The molecule has 18 heavy (non-hydrogen) atoms. The maximum atomic E-state index is 12.4. The van der Waals surface area contributed by atoms with Crippen molar-refractivity contribution in [2.75, 3.05) is 39.8 Å². The summed E-state index contributed by atoms with van der Waals surface area (Å²) in [6.45, 7) is 9.31. The SMILES string of the molecule is CCN1CCC(N(C)C(=O)C(C)=C2CNC2)CC1. The molecule has 0 aromatic carbocycles. The van der Waals surface area contributed by atoms with Crippen molar-refractivity contribution < 1.29 is 4.79 Å². The second-order valence-corrected chi connectivity index (χ2v) is 5.41. The molecule has 0 radical (unpaired) electrons. The zero-order valence-electron chi connectivity index (χ0n) is 11.8. The summed E-state index contributed by atoms with van der Waals surface area (Å²) in [7, 11) is 1.96. The number of likely N-dealkylation sites (N-methyl/N-ethyl adjacent to an activating group) is 1. The first kappa shape index (κ1) is 13.6. The van der Waals surface area contributed by atoms with Gasteiger partial charge in [-0.25, -0.2) is 0 Å². The molecule has 2 heterocycles. The van der Waals surface area contributed by atoms with Crippen LogP contribution in [0.4, 0.5) is 0 Å². The maximum Gasteiger partial charge on any atom is 0.249 e. The third-order valence-electron chi connectivity index (χ3n) is 4.40. The summed E-state index contributed by atoms with van der Waals surface area (Å²) < 4.78 is 0. The van der Waals surface area contributed by atoms with Gasteiger partial charge in [-0.05, 0) is 31.9 Å². The molecule has 4 nitrogen and oxygen atoms in total. The summed E-state index contributed by atoms with van der Waals surface area (Å²) in [5, 5.41) is 3.19. The molecular weight excluding hydrogens is 226 g/mol. The van der Waals surface area contributed by atoms with Crippen LogP contribution in [0.25, 0.3) is 0 Å². The molecule has 0 aromatic heterocycles. The summed E-state index contributed by atoms with van der Waals surface area (Å²) in [4.78, 5) is 16.8. The van der Waals surface area contributed by atoms with Crippen molar-refractivity contribution in [3.63, 3.8) is 0 Å². The molecule has 2 aliphatic rings. The molecule has 2 saturated heterocycles. The minimum absolute atomic E-state index is 0.224. The van der Waals surface area contributed by atoms with E-state index in [9.17, 15) is 4.79 Å². The van der Waals surface area contributed by atoms with Crippen molar-refractivity contribution in [2.24, 2.45) is 0 Å². The van der Waals surface area contributed by atoms with Crippen LogP contribution >= 0.6 is 0 Å². The highest BCUT2D eigenvalue weighted by atomic mass is 16.2. The molecule has 0 saturated carbocycles. The molecule has 0 atom stereocenters. The van der Waals surface area contributed by atoms with E-state index in [2.05, 4.69) is 17.1 Å². The van der Waals surface area contributed by atoms with Crippen molar-refractivity contribution in [1.29, 1.82) is 0 Å². The van der Waals surface area contributed by atoms with Crippen molar-refractivity contribution in [3.8, 4) is 0 Å². The highest BCUT2D eigenvalue weighted by Gasteiger charge is 2.27. The number of nitrogens with zero attached hydrogens (tertiary/aromatic N) is 2. The molecule has 0 aromatic rings. The molecule has 2 fully saturated rings. The lowest BCUT2D eigenvalue weighted by Gasteiger charge is -2.37. The molecule has 0 aliphatic carbocycles. The number of nitrogens with one attached hydrogen (secondary N) is 1. The van der Waals surface area contributed by atoms with E-state index in [4.69, 9.17) is 0 Å². The molecule has 102 valence electrons. The Kier molecular flexibility index (Phi) is 4.40. The van der Waals surface area contributed by atoms with Gasteiger partial charge in [0.15, 0.2) is 0 Å². The first-order chi connectivity index (χ1) is 8.63. The van der Waals surface area contributed by atoms with Gasteiger partial charge in [0.1, 0.15) is 0 Å². The summed E-state index contributed by atoms with van der Waals surface area (Å²) in [5.41, 5.74) is 2.23. The molecule has 0 unspecified atom stereocenters. The van der Waals surface area contributed by atoms with E-state index >= 15 is 0 Å². The fraction of sp³-hybridized carbons (Fsp3) is 0.786. The number of carbonyl (C=O) groups excluding carboxylic acids is 1. The molecule has 1 N–H and O–H groups in total. The number of amides is 1. The molecule has 4 heteroatoms. The number of carbonyl (C=O) groups is 1. The molecule has 2 aliphatic heterocycles. The highest BCUT2D eigenvalue weighted by Crippen LogP contribution is 2.19. The minimum atomic E-state index is 0.224. The number of likely N-dealkylation sites (tertiary alicyclic amines) is 1. The van der Waals surface area contributed by atoms with E-state index in [-0.39, 0.29) is 5.91 Å². The minimum Gasteiger partial charge on any atom is -0.339 e. The van der Waals surface area contributed by atoms with Crippen LogP contribution in [-0.2, 0) is 4.79 Å². The molecular formula is C14H25N3O. The molecule has 0 bridgehead atoms. The zero-order valence-corrected chi connectivity index (χ0v) is 11.8. The second kappa shape index (κ2) is 5.85. The van der Waals surface area contributed by atoms with Gasteiger partial charge >= 0.3 is 0 Å². The Hall–Kier alpha value is -0.870. The average Bonchev–Trinajstić information content (AvgIpc) is 2.35. The van der Waals surface area contributed by atoms with Crippen LogP contribution in [0.1, 0.15) is 26.7 Å². The average molecular weight is 251 g/mol. The van der Waals surface area contributed by atoms with Crippen LogP contribution in [-0.4, -0.2) is 61.5 Å². The fourth-order valence-electron chi connectivity index (χ4n) is 2.72. The van der Waals surface area contributed by atoms with E-state index in [0.29, 0.717) is 6.04 Å². The van der Waals surface area contributed by atoms with Crippen LogP contribution in [0.5, 0.6) is 0 Å². The van der Waals surface area contributed by atoms with Gasteiger partial charge in [-0.15, -0.1) is 0 Å². The van der Waals surface area contributed by atoms with Crippen LogP contribution in [0.2, 0.25) is 0 Å². The monoisotopic (exact) mass is 251 g/mol. The van der Waals surface area contributed by atoms with Crippen LogP contribution in [0.3, 0.4) is 0 Å². The van der Waals surface area contributed by atoms with Crippen molar-refractivity contribution in [2.45, 2.75) is 32.7 Å². The van der Waals surface area contributed by atoms with Crippen LogP contribution in [0, 0.1) is 0 Å². The number of piperidine rings is 1. The van der Waals surface area contributed by atoms with Gasteiger partial charge in [0.2, 0.25) is 5.91 Å². The van der Waals surface area contributed by atoms with E-state index in [1.54, 1.807) is 0 Å². The van der Waals surface area contributed by atoms with Crippen LogP contribution < -0.4 is 5.32 Å². The van der Waals surface area contributed by atoms with Gasteiger partial charge in [-0.1, -0.05) is 6.92 Å². The first-order valence-corrected chi connectivity index (χ1v) is 7.02. The highest BCUT2D eigenvalue weighted by molar-refractivity contribution is 5.94. The maximum absolute atomic E-state index is 12.4. The van der Waals surface area contributed by atoms with E-state index < -0.39 is 0 Å². The molecule has 0 spiro atoms. The Morgan fingerprint density at radius 3 is 2.44 bits per heavy atom. The Morgan fingerprint density at radius 2 is 2.00 bits per heavy atom. The van der Waals surface area contributed by atoms with E-state index in [1.165, 1.54) is 5.57 Å². The second-order valence-electron chi connectivity index (χ2n) is 5.41. The van der Waals surface area contributed by atoms with E-state index in [1.807, 2.05) is 18.9 Å². The largest absolute Gasteiger partial charge is 0.339 e. The predicted octanol–water partition coefficient (Wildman–Crippen LogP) is 0.849. The summed E-state index contributed by atoms with van der Waals surface area (Å²) in [6, 6.07) is 0.420.